The van der Waals surface area contributed by atoms with Gasteiger partial charge in [-0.25, -0.2) is 21.6 Å². The van der Waals surface area contributed by atoms with Crippen LogP contribution in [0.25, 0.3) is 0 Å². The van der Waals surface area contributed by atoms with E-state index in [2.05, 4.69) is 19.4 Å². The fourth-order valence-electron chi connectivity index (χ4n) is 5.46. The van der Waals surface area contributed by atoms with Crippen molar-refractivity contribution in [3.63, 3.8) is 0 Å². The summed E-state index contributed by atoms with van der Waals surface area (Å²) < 4.78 is 91.7. The molecule has 23 heteroatoms. The lowest BCUT2D eigenvalue weighted by Crippen LogP contribution is -2.44. The summed E-state index contributed by atoms with van der Waals surface area (Å²) in [5.74, 6) is -1.94. The maximum atomic E-state index is 13.4. The van der Waals surface area contributed by atoms with Gasteiger partial charge in [-0.05, 0) is 46.7 Å². The first-order chi connectivity index (χ1) is 25.9. The Morgan fingerprint density at radius 3 is 2.45 bits per heavy atom. The standard InChI is InChI=1S/C32H51N7O12S4/c1-7-33-24-19-39(11-8-14-47-6)55(45,46)31-23(24)17-27(52-31)54(43,44)37-29(42)21(2)50-25(40)9-10-26(41)51-22(18-34-32(3,4)5)20-49-30-28(35-53-36-30)38-12-15-48-16-13-38/h17,21-22,24,33-34H,7-16,18-20H2,1-6H3,(H,37,42)/t21-,22?,24-/m0/s1. The van der Waals surface area contributed by atoms with Crippen molar-refractivity contribution in [3.8, 4) is 5.88 Å². The molecule has 3 N–H and O–H groups in total. The van der Waals surface area contributed by atoms with Crippen molar-refractivity contribution in [2.24, 2.45) is 0 Å². The van der Waals surface area contributed by atoms with Crippen LogP contribution in [0.5, 0.6) is 5.88 Å². The molecule has 0 saturated carbocycles. The highest BCUT2D eigenvalue weighted by molar-refractivity contribution is 7.94. The third-order valence-electron chi connectivity index (χ3n) is 8.27. The number of nitrogens with one attached hydrogen (secondary N) is 3. The monoisotopic (exact) mass is 853 g/mol. The normalized spacial score (nSPS) is 18.6. The van der Waals surface area contributed by atoms with Crippen molar-refractivity contribution in [3.05, 3.63) is 11.6 Å². The molecule has 1 amide bonds. The van der Waals surface area contributed by atoms with Gasteiger partial charge in [0.15, 0.2) is 6.10 Å². The van der Waals surface area contributed by atoms with Crippen molar-refractivity contribution in [1.82, 2.24) is 28.4 Å². The van der Waals surface area contributed by atoms with Crippen molar-refractivity contribution in [2.45, 2.75) is 86.1 Å². The van der Waals surface area contributed by atoms with E-state index in [0.717, 1.165) is 11.7 Å². The van der Waals surface area contributed by atoms with Crippen LogP contribution in [0.3, 0.4) is 0 Å². The summed E-state index contributed by atoms with van der Waals surface area (Å²) >= 11 is 1.53. The van der Waals surface area contributed by atoms with Gasteiger partial charge in [-0.1, -0.05) is 6.92 Å². The zero-order valence-electron chi connectivity index (χ0n) is 31.8. The van der Waals surface area contributed by atoms with Crippen LogP contribution in [0.4, 0.5) is 5.82 Å². The molecule has 19 nitrogen and oxygen atoms in total. The average Bonchev–Trinajstić information content (AvgIpc) is 3.80. The second-order valence-electron chi connectivity index (χ2n) is 13.8. The van der Waals surface area contributed by atoms with E-state index in [1.54, 1.807) is 0 Å². The first-order valence-corrected chi connectivity index (χ1v) is 22.3. The summed E-state index contributed by atoms with van der Waals surface area (Å²) in [5.41, 5.74) is -0.0183. The Kier molecular flexibility index (Phi) is 16.2. The van der Waals surface area contributed by atoms with Gasteiger partial charge in [-0.3, -0.25) is 14.4 Å². The van der Waals surface area contributed by atoms with Crippen LogP contribution in [0.1, 0.15) is 65.5 Å². The largest absolute Gasteiger partial charge is 0.470 e. The number of nitrogens with zero attached hydrogens (tertiary/aromatic N) is 4. The summed E-state index contributed by atoms with van der Waals surface area (Å²) in [4.78, 5) is 40.3. The Morgan fingerprint density at radius 1 is 1.11 bits per heavy atom. The van der Waals surface area contributed by atoms with E-state index in [-0.39, 0.29) is 52.2 Å². The number of anilines is 1. The summed E-state index contributed by atoms with van der Waals surface area (Å²) in [6.45, 7) is 12.5. The number of hydrogen-bond acceptors (Lipinski definition) is 19. The molecule has 0 spiro atoms. The number of thiophene rings is 1. The van der Waals surface area contributed by atoms with Crippen molar-refractivity contribution < 1.29 is 54.9 Å². The molecule has 1 unspecified atom stereocenters. The predicted molar refractivity (Wildman–Crippen MR) is 202 cm³/mol. The van der Waals surface area contributed by atoms with Crippen LogP contribution < -0.4 is 25.0 Å². The van der Waals surface area contributed by atoms with Gasteiger partial charge in [0.1, 0.15) is 21.1 Å². The van der Waals surface area contributed by atoms with Crippen LogP contribution in [0.15, 0.2) is 14.5 Å². The molecule has 2 aromatic heterocycles. The van der Waals surface area contributed by atoms with Gasteiger partial charge in [0.25, 0.3) is 31.8 Å². The first kappa shape index (κ1) is 44.7. The molecule has 55 heavy (non-hydrogen) atoms. The molecule has 4 heterocycles. The third-order valence-corrected chi connectivity index (χ3v) is 14.1. The van der Waals surface area contributed by atoms with Crippen molar-refractivity contribution in [2.75, 3.05) is 77.7 Å². The SMILES string of the molecule is CCN[C@H]1CN(CCCOC)S(=O)(=O)c2sc(S(=O)(=O)NC(=O)[C@H](C)OC(=O)CCC(=O)OC(CNC(C)(C)C)COc3nsnc3N3CCOCC3)cc21. The predicted octanol–water partition coefficient (Wildman–Crippen LogP) is 1.02. The molecule has 4 rings (SSSR count). The number of fused-ring (bicyclic) bond motifs is 1. The smallest absolute Gasteiger partial charge is 0.307 e. The zero-order chi connectivity index (χ0) is 40.4. The Morgan fingerprint density at radius 2 is 1.80 bits per heavy atom. The van der Waals surface area contributed by atoms with Crippen molar-refractivity contribution >= 4 is 66.8 Å². The highest BCUT2D eigenvalue weighted by Gasteiger charge is 2.40. The van der Waals surface area contributed by atoms with Crippen LogP contribution in [-0.4, -0.2) is 138 Å². The van der Waals surface area contributed by atoms with E-state index in [0.29, 0.717) is 68.9 Å². The van der Waals surface area contributed by atoms with Gasteiger partial charge in [-0.2, -0.15) is 8.68 Å². The summed E-state index contributed by atoms with van der Waals surface area (Å²) in [7, 11) is -7.06. The number of ether oxygens (including phenoxy) is 5. The van der Waals surface area contributed by atoms with Gasteiger partial charge < -0.3 is 39.2 Å². The number of sulfonamides is 2. The molecule has 0 bridgehead atoms. The first-order valence-electron chi connectivity index (χ1n) is 17.8. The lowest BCUT2D eigenvalue weighted by molar-refractivity contribution is -0.158. The molecule has 0 aliphatic carbocycles. The fraction of sp³-hybridized carbons (Fsp3) is 0.719. The van der Waals surface area contributed by atoms with Gasteiger partial charge in [0, 0.05) is 63.6 Å². The molecule has 310 valence electrons. The van der Waals surface area contributed by atoms with Gasteiger partial charge in [-0.15, -0.1) is 15.7 Å². The quantitative estimate of drug-likeness (QED) is 0.125. The van der Waals surface area contributed by atoms with E-state index in [1.165, 1.54) is 24.4 Å². The molecular formula is C32H51N7O12S4. The summed E-state index contributed by atoms with van der Waals surface area (Å²) in [6.07, 6.45) is -2.72. The Balaban J connectivity index is 1.31. The second kappa shape index (κ2) is 19.9. The molecule has 2 aliphatic heterocycles. The number of rotatable bonds is 20. The van der Waals surface area contributed by atoms with Crippen molar-refractivity contribution in [1.29, 1.82) is 0 Å². The highest BCUT2D eigenvalue weighted by Crippen LogP contribution is 2.40. The number of carbonyl (C=O) groups excluding carboxylic acids is 3. The maximum Gasteiger partial charge on any atom is 0.307 e. The maximum absolute atomic E-state index is 13.4. The van der Waals surface area contributed by atoms with Crippen LogP contribution in [0, 0.1) is 0 Å². The molecule has 2 aliphatic rings. The third kappa shape index (κ3) is 12.7. The number of amides is 1. The Labute approximate surface area is 330 Å². The van der Waals surface area contributed by atoms with Crippen LogP contribution >= 0.6 is 23.1 Å². The number of aromatic nitrogens is 2. The Bertz CT molecular complexity index is 1820. The molecule has 2 aromatic rings. The minimum absolute atomic E-state index is 0.0464. The highest BCUT2D eigenvalue weighted by atomic mass is 32.3. The number of likely N-dealkylation sites (N-methyl/N-ethyl adjacent to an activating group) is 1. The molecular weight excluding hydrogens is 803 g/mol. The second-order valence-corrected chi connectivity index (χ2v) is 19.4. The number of morpholine rings is 1. The zero-order valence-corrected chi connectivity index (χ0v) is 35.1. The van der Waals surface area contributed by atoms with Crippen LogP contribution in [-0.2, 0) is 53.4 Å². The average molecular weight is 854 g/mol. The molecule has 0 aromatic carbocycles. The number of esters is 2. The topological polar surface area (TPSA) is 234 Å². The lowest BCUT2D eigenvalue weighted by atomic mass is 10.1. The van der Waals surface area contributed by atoms with E-state index in [9.17, 15) is 31.2 Å². The van der Waals surface area contributed by atoms with Gasteiger partial charge >= 0.3 is 11.9 Å². The minimum atomic E-state index is -4.56. The van der Waals surface area contributed by atoms with Gasteiger partial charge in [0.05, 0.1) is 37.8 Å². The number of carbonyl (C=O) groups is 3. The molecule has 0 radical (unpaired) electrons. The lowest BCUT2D eigenvalue weighted by Gasteiger charge is -2.32. The summed E-state index contributed by atoms with van der Waals surface area (Å²) in [5, 5.41) is 6.45. The molecule has 3 atom stereocenters. The van der Waals surface area contributed by atoms with E-state index in [4.69, 9.17) is 23.7 Å². The fourth-order valence-corrected chi connectivity index (χ4v) is 10.9. The minimum Gasteiger partial charge on any atom is -0.470 e. The Hall–Kier alpha value is -3.03. The number of methoxy groups -OCH3 is 1. The van der Waals surface area contributed by atoms with E-state index >= 15 is 0 Å². The molecule has 1 saturated heterocycles. The summed E-state index contributed by atoms with van der Waals surface area (Å²) in [6, 6.07) is 0.760. The number of hydrogen-bond donors (Lipinski definition) is 3. The van der Waals surface area contributed by atoms with E-state index < -0.39 is 62.6 Å². The molecule has 1 fully saturated rings. The van der Waals surface area contributed by atoms with E-state index in [1.807, 2.05) is 37.3 Å². The van der Waals surface area contributed by atoms with Crippen LogP contribution in [0.2, 0.25) is 0 Å². The van der Waals surface area contributed by atoms with Gasteiger partial charge in [0.2, 0.25) is 5.82 Å².